The number of halogens is 2. The molecule has 78 valence electrons. The molecule has 0 aliphatic rings. The molecule has 1 rings (SSSR count). The van der Waals surface area contributed by atoms with Crippen molar-refractivity contribution in [2.24, 2.45) is 0 Å². The summed E-state index contributed by atoms with van der Waals surface area (Å²) in [6.07, 6.45) is 2.72. The third-order valence-electron chi connectivity index (χ3n) is 2.17. The summed E-state index contributed by atoms with van der Waals surface area (Å²) in [5.74, 6) is -0.193. The predicted octanol–water partition coefficient (Wildman–Crippen LogP) is 3.02. The van der Waals surface area contributed by atoms with Crippen molar-refractivity contribution in [2.45, 2.75) is 19.3 Å². The summed E-state index contributed by atoms with van der Waals surface area (Å²) < 4.78 is 13.3. The minimum atomic E-state index is -0.193. The Hall–Kier alpha value is -0.600. The van der Waals surface area contributed by atoms with Crippen LogP contribution in [0.25, 0.3) is 0 Å². The Morgan fingerprint density at radius 2 is 2.14 bits per heavy atom. The highest BCUT2D eigenvalue weighted by Gasteiger charge is 2.05. The Kier molecular flexibility index (Phi) is 4.91. The van der Waals surface area contributed by atoms with Gasteiger partial charge in [-0.2, -0.15) is 0 Å². The summed E-state index contributed by atoms with van der Waals surface area (Å²) in [5.41, 5.74) is 0.644. The Morgan fingerprint density at radius 1 is 1.36 bits per heavy atom. The standard InChI is InChI=1S/C11H15ClFN/c1-14-8-3-2-5-9-10(12)6-4-7-11(9)13/h4,6-7,14H,2-3,5,8H2,1H3. The van der Waals surface area contributed by atoms with Gasteiger partial charge < -0.3 is 5.32 Å². The van der Waals surface area contributed by atoms with Crippen molar-refractivity contribution in [3.8, 4) is 0 Å². The number of hydrogen-bond donors (Lipinski definition) is 1. The molecular weight excluding hydrogens is 201 g/mol. The van der Waals surface area contributed by atoms with Gasteiger partial charge >= 0.3 is 0 Å². The first kappa shape index (κ1) is 11.5. The summed E-state index contributed by atoms with van der Waals surface area (Å²) in [5, 5.41) is 3.59. The summed E-state index contributed by atoms with van der Waals surface area (Å²) in [4.78, 5) is 0. The quantitative estimate of drug-likeness (QED) is 0.745. The normalized spacial score (nSPS) is 10.5. The second kappa shape index (κ2) is 5.99. The SMILES string of the molecule is CNCCCCc1c(F)cccc1Cl. The fourth-order valence-electron chi connectivity index (χ4n) is 1.37. The van der Waals surface area contributed by atoms with E-state index in [4.69, 9.17) is 11.6 Å². The minimum absolute atomic E-state index is 0.193. The van der Waals surface area contributed by atoms with Crippen LogP contribution in [0.3, 0.4) is 0 Å². The topological polar surface area (TPSA) is 12.0 Å². The van der Waals surface area contributed by atoms with Crippen molar-refractivity contribution in [1.82, 2.24) is 5.32 Å². The maximum Gasteiger partial charge on any atom is 0.127 e. The fourth-order valence-corrected chi connectivity index (χ4v) is 1.63. The minimum Gasteiger partial charge on any atom is -0.320 e. The Morgan fingerprint density at radius 3 is 2.79 bits per heavy atom. The van der Waals surface area contributed by atoms with Gasteiger partial charge in [-0.3, -0.25) is 0 Å². The van der Waals surface area contributed by atoms with E-state index in [2.05, 4.69) is 5.32 Å². The number of rotatable bonds is 5. The molecule has 0 aromatic heterocycles. The van der Waals surface area contributed by atoms with Crippen LogP contribution in [-0.2, 0) is 6.42 Å². The third kappa shape index (κ3) is 3.28. The number of benzene rings is 1. The first-order valence-corrected chi connectivity index (χ1v) is 5.21. The second-order valence-corrected chi connectivity index (χ2v) is 3.67. The zero-order valence-corrected chi connectivity index (χ0v) is 9.07. The van der Waals surface area contributed by atoms with Gasteiger partial charge in [0.05, 0.1) is 0 Å². The van der Waals surface area contributed by atoms with E-state index in [1.807, 2.05) is 7.05 Å². The molecule has 1 nitrogen and oxygen atoms in total. The van der Waals surface area contributed by atoms with E-state index in [9.17, 15) is 4.39 Å². The number of nitrogens with one attached hydrogen (secondary N) is 1. The van der Waals surface area contributed by atoms with Crippen molar-refractivity contribution < 1.29 is 4.39 Å². The lowest BCUT2D eigenvalue weighted by atomic mass is 10.1. The first-order chi connectivity index (χ1) is 6.75. The van der Waals surface area contributed by atoms with Crippen molar-refractivity contribution >= 4 is 11.6 Å². The van der Waals surface area contributed by atoms with E-state index in [0.717, 1.165) is 19.4 Å². The molecular formula is C11H15ClFN. The molecule has 0 amide bonds. The first-order valence-electron chi connectivity index (χ1n) is 4.83. The molecule has 1 aromatic rings. The molecule has 14 heavy (non-hydrogen) atoms. The van der Waals surface area contributed by atoms with Crippen LogP contribution in [0, 0.1) is 5.82 Å². The van der Waals surface area contributed by atoms with Gasteiger partial charge in [0.1, 0.15) is 5.82 Å². The number of unbranched alkanes of at least 4 members (excludes halogenated alkanes) is 1. The van der Waals surface area contributed by atoms with Crippen molar-refractivity contribution in [1.29, 1.82) is 0 Å². The largest absolute Gasteiger partial charge is 0.320 e. The Bertz CT molecular complexity index is 268. The van der Waals surface area contributed by atoms with Crippen molar-refractivity contribution in [2.75, 3.05) is 13.6 Å². The van der Waals surface area contributed by atoms with Crippen LogP contribution >= 0.6 is 11.6 Å². The van der Waals surface area contributed by atoms with Crippen LogP contribution < -0.4 is 5.32 Å². The van der Waals surface area contributed by atoms with Gasteiger partial charge in [-0.1, -0.05) is 17.7 Å². The monoisotopic (exact) mass is 215 g/mol. The highest BCUT2D eigenvalue weighted by molar-refractivity contribution is 6.31. The Balaban J connectivity index is 2.49. The molecule has 0 bridgehead atoms. The maximum absolute atomic E-state index is 13.3. The van der Waals surface area contributed by atoms with Crippen molar-refractivity contribution in [3.63, 3.8) is 0 Å². The van der Waals surface area contributed by atoms with Gasteiger partial charge in [0.15, 0.2) is 0 Å². The van der Waals surface area contributed by atoms with Gasteiger partial charge in [-0.05, 0) is 45.0 Å². The molecule has 0 spiro atoms. The van der Waals surface area contributed by atoms with Crippen LogP contribution in [0.5, 0.6) is 0 Å². The van der Waals surface area contributed by atoms with Crippen LogP contribution in [0.15, 0.2) is 18.2 Å². The van der Waals surface area contributed by atoms with Gasteiger partial charge in [-0.25, -0.2) is 4.39 Å². The van der Waals surface area contributed by atoms with Gasteiger partial charge in [0, 0.05) is 10.6 Å². The summed E-state index contributed by atoms with van der Waals surface area (Å²) in [6.45, 7) is 0.964. The fraction of sp³-hybridized carbons (Fsp3) is 0.455. The van der Waals surface area contributed by atoms with E-state index >= 15 is 0 Å². The van der Waals surface area contributed by atoms with Crippen LogP contribution in [0.2, 0.25) is 5.02 Å². The zero-order chi connectivity index (χ0) is 10.4. The predicted molar refractivity (Wildman–Crippen MR) is 58.3 cm³/mol. The molecule has 0 heterocycles. The molecule has 0 aliphatic carbocycles. The smallest absolute Gasteiger partial charge is 0.127 e. The second-order valence-electron chi connectivity index (χ2n) is 3.26. The highest BCUT2D eigenvalue weighted by atomic mass is 35.5. The van der Waals surface area contributed by atoms with Gasteiger partial charge in [0.2, 0.25) is 0 Å². The van der Waals surface area contributed by atoms with E-state index in [-0.39, 0.29) is 5.82 Å². The van der Waals surface area contributed by atoms with E-state index in [1.54, 1.807) is 12.1 Å². The molecule has 0 radical (unpaired) electrons. The van der Waals surface area contributed by atoms with Crippen LogP contribution in [0.4, 0.5) is 4.39 Å². The van der Waals surface area contributed by atoms with Crippen molar-refractivity contribution in [3.05, 3.63) is 34.6 Å². The lowest BCUT2D eigenvalue weighted by Gasteiger charge is -2.05. The third-order valence-corrected chi connectivity index (χ3v) is 2.52. The number of hydrogen-bond acceptors (Lipinski definition) is 1. The molecule has 3 heteroatoms. The maximum atomic E-state index is 13.3. The summed E-state index contributed by atoms with van der Waals surface area (Å²) in [7, 11) is 1.91. The molecule has 0 saturated heterocycles. The molecule has 0 atom stereocenters. The molecule has 0 aliphatic heterocycles. The lowest BCUT2D eigenvalue weighted by Crippen LogP contribution is -2.07. The Labute approximate surface area is 89.3 Å². The van der Waals surface area contributed by atoms with E-state index in [1.165, 1.54) is 6.07 Å². The molecule has 0 unspecified atom stereocenters. The van der Waals surface area contributed by atoms with Gasteiger partial charge in [-0.15, -0.1) is 0 Å². The van der Waals surface area contributed by atoms with Crippen LogP contribution in [-0.4, -0.2) is 13.6 Å². The molecule has 0 saturated carbocycles. The average molecular weight is 216 g/mol. The molecule has 1 aromatic carbocycles. The van der Waals surface area contributed by atoms with Crippen LogP contribution in [0.1, 0.15) is 18.4 Å². The molecule has 1 N–H and O–H groups in total. The summed E-state index contributed by atoms with van der Waals surface area (Å²) in [6, 6.07) is 4.83. The summed E-state index contributed by atoms with van der Waals surface area (Å²) >= 11 is 5.89. The van der Waals surface area contributed by atoms with Gasteiger partial charge in [0.25, 0.3) is 0 Å². The zero-order valence-electron chi connectivity index (χ0n) is 8.32. The molecule has 0 fully saturated rings. The van der Waals surface area contributed by atoms with E-state index < -0.39 is 0 Å². The van der Waals surface area contributed by atoms with E-state index in [0.29, 0.717) is 17.0 Å². The average Bonchev–Trinajstić information content (AvgIpc) is 2.16. The lowest BCUT2D eigenvalue weighted by molar-refractivity contribution is 0.596. The highest BCUT2D eigenvalue weighted by Crippen LogP contribution is 2.20.